The number of amides is 2. The standard InChI is InChI=1S/C23H32N4O2S/c1-3-10-24-21(28)17-26-11-13-27(14-12-26)22(29)16-25-23(20-5-4-15-30-20)19-8-6-18(2)7-9-19/h4-9,15,23,25H,3,10-14,16-17H2,1-2H3,(H,24,28)/p+2/t23-/m1/s1. The van der Waals surface area contributed by atoms with Crippen molar-refractivity contribution in [1.29, 1.82) is 0 Å². The highest BCUT2D eigenvalue weighted by Gasteiger charge is 2.27. The third-order valence-electron chi connectivity index (χ3n) is 5.62. The van der Waals surface area contributed by atoms with E-state index in [-0.39, 0.29) is 17.9 Å². The van der Waals surface area contributed by atoms with Crippen LogP contribution in [-0.2, 0) is 9.59 Å². The molecule has 0 unspecified atom stereocenters. The van der Waals surface area contributed by atoms with Crippen LogP contribution in [0.4, 0.5) is 0 Å². The van der Waals surface area contributed by atoms with Gasteiger partial charge in [-0.05, 0) is 24.8 Å². The van der Waals surface area contributed by atoms with Crippen LogP contribution in [0.5, 0.6) is 0 Å². The van der Waals surface area contributed by atoms with Crippen LogP contribution in [-0.4, -0.2) is 62.5 Å². The Labute approximate surface area is 183 Å². The van der Waals surface area contributed by atoms with Crippen molar-refractivity contribution in [3.05, 3.63) is 57.8 Å². The average Bonchev–Trinajstić information content (AvgIpc) is 3.28. The molecule has 1 saturated heterocycles. The molecule has 7 heteroatoms. The van der Waals surface area contributed by atoms with Gasteiger partial charge in [-0.3, -0.25) is 9.59 Å². The van der Waals surface area contributed by atoms with Crippen molar-refractivity contribution in [2.24, 2.45) is 0 Å². The van der Waals surface area contributed by atoms with Gasteiger partial charge in [0.15, 0.2) is 13.1 Å². The van der Waals surface area contributed by atoms with E-state index in [0.29, 0.717) is 13.1 Å². The third kappa shape index (κ3) is 6.39. The minimum Gasteiger partial charge on any atom is -0.351 e. The van der Waals surface area contributed by atoms with Gasteiger partial charge >= 0.3 is 0 Å². The van der Waals surface area contributed by atoms with Crippen molar-refractivity contribution in [2.45, 2.75) is 26.3 Å². The largest absolute Gasteiger partial charge is 0.351 e. The molecule has 162 valence electrons. The zero-order valence-corrected chi connectivity index (χ0v) is 18.8. The van der Waals surface area contributed by atoms with Gasteiger partial charge in [0.05, 0.1) is 31.1 Å². The first-order chi connectivity index (χ1) is 14.6. The lowest BCUT2D eigenvalue weighted by molar-refractivity contribution is -0.896. The first-order valence-electron chi connectivity index (χ1n) is 10.9. The number of nitrogens with one attached hydrogen (secondary N) is 2. The van der Waals surface area contributed by atoms with E-state index in [4.69, 9.17) is 0 Å². The van der Waals surface area contributed by atoms with Crippen molar-refractivity contribution in [1.82, 2.24) is 10.2 Å². The van der Waals surface area contributed by atoms with Crippen LogP contribution in [0.1, 0.15) is 35.4 Å². The SMILES string of the molecule is CCCNC(=O)C[NH+]1CCN(C(=O)C[NH2+][C@H](c2ccc(C)cc2)c2cccs2)CC1. The van der Waals surface area contributed by atoms with Crippen LogP contribution in [0.25, 0.3) is 0 Å². The maximum Gasteiger partial charge on any atom is 0.278 e. The van der Waals surface area contributed by atoms with Gasteiger partial charge in [0.2, 0.25) is 0 Å². The molecule has 2 amide bonds. The lowest BCUT2D eigenvalue weighted by Crippen LogP contribution is -3.16. The molecule has 1 aromatic heterocycles. The number of thiophene rings is 1. The first-order valence-corrected chi connectivity index (χ1v) is 11.8. The van der Waals surface area contributed by atoms with Gasteiger partial charge in [-0.2, -0.15) is 0 Å². The number of hydrogen-bond acceptors (Lipinski definition) is 3. The Morgan fingerprint density at radius 1 is 1.20 bits per heavy atom. The summed E-state index contributed by atoms with van der Waals surface area (Å²) in [4.78, 5) is 29.2. The molecule has 6 nitrogen and oxygen atoms in total. The zero-order valence-electron chi connectivity index (χ0n) is 18.0. The second kappa shape index (κ2) is 11.2. The number of nitrogens with zero attached hydrogens (tertiary/aromatic N) is 1. The van der Waals surface area contributed by atoms with Crippen molar-refractivity contribution in [3.63, 3.8) is 0 Å². The van der Waals surface area contributed by atoms with Gasteiger partial charge in [0.1, 0.15) is 6.04 Å². The average molecular weight is 431 g/mol. The summed E-state index contributed by atoms with van der Waals surface area (Å²) in [7, 11) is 0. The van der Waals surface area contributed by atoms with E-state index in [1.165, 1.54) is 20.9 Å². The molecule has 1 fully saturated rings. The molecule has 0 bridgehead atoms. The van der Waals surface area contributed by atoms with Crippen molar-refractivity contribution >= 4 is 23.2 Å². The van der Waals surface area contributed by atoms with E-state index in [0.717, 1.165) is 39.1 Å². The topological polar surface area (TPSA) is 70.5 Å². The summed E-state index contributed by atoms with van der Waals surface area (Å²) in [5.74, 6) is 0.287. The van der Waals surface area contributed by atoms with Gasteiger partial charge in [0, 0.05) is 12.1 Å². The fourth-order valence-electron chi connectivity index (χ4n) is 3.81. The van der Waals surface area contributed by atoms with Gasteiger partial charge in [-0.15, -0.1) is 11.3 Å². The smallest absolute Gasteiger partial charge is 0.278 e. The van der Waals surface area contributed by atoms with Gasteiger partial charge in [0.25, 0.3) is 11.8 Å². The fraction of sp³-hybridized carbons (Fsp3) is 0.478. The lowest BCUT2D eigenvalue weighted by Gasteiger charge is -2.31. The molecule has 30 heavy (non-hydrogen) atoms. The monoisotopic (exact) mass is 430 g/mol. The quantitative estimate of drug-likeness (QED) is 0.523. The van der Waals surface area contributed by atoms with Crippen LogP contribution in [0.3, 0.4) is 0 Å². The summed E-state index contributed by atoms with van der Waals surface area (Å²) in [5.41, 5.74) is 2.46. The van der Waals surface area contributed by atoms with Crippen LogP contribution in [0, 0.1) is 6.92 Å². The number of hydrogen-bond donors (Lipinski definition) is 3. The molecule has 1 atom stereocenters. The van der Waals surface area contributed by atoms with Crippen LogP contribution in [0.15, 0.2) is 41.8 Å². The van der Waals surface area contributed by atoms with Crippen molar-refractivity contribution < 1.29 is 19.8 Å². The lowest BCUT2D eigenvalue weighted by atomic mass is 10.0. The predicted molar refractivity (Wildman–Crippen MR) is 120 cm³/mol. The molecule has 2 heterocycles. The van der Waals surface area contributed by atoms with E-state index >= 15 is 0 Å². The molecule has 4 N–H and O–H groups in total. The predicted octanol–water partition coefficient (Wildman–Crippen LogP) is -0.0374. The molecular formula is C23H34N4O2S+2. The van der Waals surface area contributed by atoms with E-state index in [9.17, 15) is 9.59 Å². The number of benzene rings is 1. The molecule has 1 aromatic carbocycles. The number of carbonyl (C=O) groups is 2. The van der Waals surface area contributed by atoms with Crippen LogP contribution >= 0.6 is 11.3 Å². The summed E-state index contributed by atoms with van der Waals surface area (Å²) in [6, 6.07) is 12.9. The Morgan fingerprint density at radius 3 is 2.57 bits per heavy atom. The summed E-state index contributed by atoms with van der Waals surface area (Å²) < 4.78 is 0. The van der Waals surface area contributed by atoms with Gasteiger partial charge in [-0.1, -0.05) is 42.8 Å². The van der Waals surface area contributed by atoms with Crippen LogP contribution < -0.4 is 15.5 Å². The maximum atomic E-state index is 12.8. The molecule has 3 rings (SSSR count). The summed E-state index contributed by atoms with van der Waals surface area (Å²) >= 11 is 1.73. The number of quaternary nitrogens is 2. The van der Waals surface area contributed by atoms with E-state index in [1.54, 1.807) is 11.3 Å². The highest BCUT2D eigenvalue weighted by molar-refractivity contribution is 7.10. The molecule has 0 radical (unpaired) electrons. The number of carbonyl (C=O) groups excluding carboxylic acids is 2. The van der Waals surface area contributed by atoms with Crippen molar-refractivity contribution in [3.8, 4) is 0 Å². The minimum absolute atomic E-state index is 0.108. The van der Waals surface area contributed by atoms with Gasteiger partial charge < -0.3 is 20.4 Å². The van der Waals surface area contributed by atoms with Crippen LogP contribution in [0.2, 0.25) is 0 Å². The number of piperazine rings is 1. The minimum atomic E-state index is 0.108. The molecular weight excluding hydrogens is 396 g/mol. The second-order valence-corrected chi connectivity index (χ2v) is 8.98. The molecule has 1 aliphatic rings. The van der Waals surface area contributed by atoms with E-state index in [1.807, 2.05) is 4.90 Å². The Morgan fingerprint density at radius 2 is 1.93 bits per heavy atom. The molecule has 0 aliphatic carbocycles. The fourth-order valence-corrected chi connectivity index (χ4v) is 4.66. The highest BCUT2D eigenvalue weighted by Crippen LogP contribution is 2.22. The first kappa shape index (κ1) is 22.5. The molecule has 0 saturated carbocycles. The Bertz CT molecular complexity index is 799. The Balaban J connectivity index is 1.50. The third-order valence-corrected chi connectivity index (χ3v) is 6.58. The van der Waals surface area contributed by atoms with Gasteiger partial charge in [-0.25, -0.2) is 0 Å². The zero-order chi connectivity index (χ0) is 21.3. The maximum absolute atomic E-state index is 12.8. The van der Waals surface area contributed by atoms with Crippen molar-refractivity contribution in [2.75, 3.05) is 45.8 Å². The summed E-state index contributed by atoms with van der Waals surface area (Å²) in [6.07, 6.45) is 0.953. The van der Waals surface area contributed by atoms with E-state index < -0.39 is 0 Å². The molecule has 1 aliphatic heterocycles. The normalized spacial score (nSPS) is 15.7. The molecule has 0 spiro atoms. The summed E-state index contributed by atoms with van der Waals surface area (Å²) in [5, 5.41) is 7.17. The second-order valence-electron chi connectivity index (χ2n) is 8.00. The van der Waals surface area contributed by atoms with E-state index in [2.05, 4.69) is 66.3 Å². The number of rotatable bonds is 9. The number of aryl methyl sites for hydroxylation is 1. The number of nitrogens with two attached hydrogens (primary N) is 1. The molecule has 2 aromatic rings. The Kier molecular flexibility index (Phi) is 8.42. The Hall–Kier alpha value is -2.22. The summed E-state index contributed by atoms with van der Waals surface area (Å²) in [6.45, 7) is 8.91. The highest BCUT2D eigenvalue weighted by atomic mass is 32.1.